The number of hydrogen-bond acceptors (Lipinski definition) is 4. The normalized spacial score (nSPS) is 21.1. The Morgan fingerprint density at radius 2 is 2.11 bits per heavy atom. The Kier molecular flexibility index (Phi) is 6.80. The van der Waals surface area contributed by atoms with E-state index in [2.05, 4.69) is 27.8 Å². The van der Waals surface area contributed by atoms with Crippen LogP contribution in [0.1, 0.15) is 27.2 Å². The number of carbonyl (C=O) groups excluding carboxylic acids is 2. The van der Waals surface area contributed by atoms with Crippen LogP contribution >= 0.6 is 0 Å². The molecule has 1 rings (SSSR count). The number of likely N-dealkylation sites (tertiary alicyclic amines) is 1. The van der Waals surface area contributed by atoms with Crippen LogP contribution < -0.4 is 16.0 Å². The SMILES string of the molecule is CCNC(=O)NC(=O)C(C)NCC1CCN(CC)C1. The molecule has 0 saturated carbocycles. The molecule has 1 saturated heterocycles. The molecule has 110 valence electrons. The summed E-state index contributed by atoms with van der Waals surface area (Å²) in [6, 6.07) is -0.780. The first kappa shape index (κ1) is 15.9. The Labute approximate surface area is 115 Å². The van der Waals surface area contributed by atoms with Gasteiger partial charge < -0.3 is 15.5 Å². The van der Waals surface area contributed by atoms with Gasteiger partial charge in [0, 0.05) is 13.1 Å². The summed E-state index contributed by atoms with van der Waals surface area (Å²) in [7, 11) is 0. The van der Waals surface area contributed by atoms with Crippen LogP contribution in [0.3, 0.4) is 0 Å². The van der Waals surface area contributed by atoms with E-state index in [0.29, 0.717) is 12.5 Å². The van der Waals surface area contributed by atoms with Crippen molar-refractivity contribution in [2.45, 2.75) is 33.2 Å². The Bertz CT molecular complexity index is 309. The number of nitrogens with one attached hydrogen (secondary N) is 3. The van der Waals surface area contributed by atoms with Gasteiger partial charge in [-0.15, -0.1) is 0 Å². The zero-order valence-electron chi connectivity index (χ0n) is 12.2. The van der Waals surface area contributed by atoms with Crippen molar-refractivity contribution < 1.29 is 9.59 Å². The van der Waals surface area contributed by atoms with Crippen molar-refractivity contribution in [2.24, 2.45) is 5.92 Å². The van der Waals surface area contributed by atoms with E-state index in [1.165, 1.54) is 6.42 Å². The van der Waals surface area contributed by atoms with Gasteiger partial charge in [0.25, 0.3) is 0 Å². The van der Waals surface area contributed by atoms with Crippen molar-refractivity contribution in [1.29, 1.82) is 0 Å². The third kappa shape index (κ3) is 5.57. The second-order valence-corrected chi connectivity index (χ2v) is 5.03. The van der Waals surface area contributed by atoms with Crippen molar-refractivity contribution in [3.05, 3.63) is 0 Å². The lowest BCUT2D eigenvalue weighted by Crippen LogP contribution is -2.49. The fraction of sp³-hybridized carbons (Fsp3) is 0.846. The summed E-state index contributed by atoms with van der Waals surface area (Å²) in [5.74, 6) is 0.316. The fourth-order valence-corrected chi connectivity index (χ4v) is 2.23. The lowest BCUT2D eigenvalue weighted by molar-refractivity contribution is -0.121. The minimum absolute atomic E-state index is 0.281. The molecule has 3 amide bonds. The van der Waals surface area contributed by atoms with E-state index in [1.807, 2.05) is 6.92 Å². The standard InChI is InChI=1S/C13H26N4O2/c1-4-14-13(19)16-12(18)10(3)15-8-11-6-7-17(5-2)9-11/h10-11,15H,4-9H2,1-3H3,(H2,14,16,18,19). The molecule has 1 aliphatic rings. The molecule has 0 aromatic heterocycles. The highest BCUT2D eigenvalue weighted by atomic mass is 16.2. The topological polar surface area (TPSA) is 73.5 Å². The third-order valence-corrected chi connectivity index (χ3v) is 3.50. The van der Waals surface area contributed by atoms with E-state index < -0.39 is 6.03 Å². The molecule has 0 spiro atoms. The molecule has 0 aromatic rings. The van der Waals surface area contributed by atoms with Crippen LogP contribution in [0.5, 0.6) is 0 Å². The second kappa shape index (κ2) is 8.12. The molecule has 2 atom stereocenters. The number of rotatable bonds is 6. The summed E-state index contributed by atoms with van der Waals surface area (Å²) in [5.41, 5.74) is 0. The largest absolute Gasteiger partial charge is 0.338 e. The van der Waals surface area contributed by atoms with Gasteiger partial charge in [-0.3, -0.25) is 10.1 Å². The van der Waals surface area contributed by atoms with Crippen LogP contribution in [0, 0.1) is 5.92 Å². The van der Waals surface area contributed by atoms with Gasteiger partial charge in [-0.25, -0.2) is 4.79 Å². The summed E-state index contributed by atoms with van der Waals surface area (Å²) in [5, 5.41) is 8.05. The van der Waals surface area contributed by atoms with Crippen LogP contribution in [0.2, 0.25) is 0 Å². The van der Waals surface area contributed by atoms with E-state index in [1.54, 1.807) is 6.92 Å². The van der Waals surface area contributed by atoms with E-state index in [9.17, 15) is 9.59 Å². The Morgan fingerprint density at radius 3 is 2.68 bits per heavy atom. The summed E-state index contributed by atoms with van der Waals surface area (Å²) >= 11 is 0. The van der Waals surface area contributed by atoms with Crippen molar-refractivity contribution >= 4 is 11.9 Å². The van der Waals surface area contributed by atoms with E-state index >= 15 is 0 Å². The van der Waals surface area contributed by atoms with Crippen molar-refractivity contribution in [3.63, 3.8) is 0 Å². The smallest absolute Gasteiger partial charge is 0.321 e. The molecule has 0 aromatic carbocycles. The number of carbonyl (C=O) groups is 2. The maximum atomic E-state index is 11.7. The van der Waals surface area contributed by atoms with E-state index in [-0.39, 0.29) is 11.9 Å². The molecular formula is C13H26N4O2. The minimum Gasteiger partial charge on any atom is -0.338 e. The van der Waals surface area contributed by atoms with Gasteiger partial charge in [0.15, 0.2) is 0 Å². The summed E-state index contributed by atoms with van der Waals surface area (Å²) < 4.78 is 0. The molecular weight excluding hydrogens is 244 g/mol. The number of nitrogens with zero attached hydrogens (tertiary/aromatic N) is 1. The van der Waals surface area contributed by atoms with Gasteiger partial charge in [0.05, 0.1) is 6.04 Å². The van der Waals surface area contributed by atoms with Gasteiger partial charge in [0.1, 0.15) is 0 Å². The van der Waals surface area contributed by atoms with Gasteiger partial charge >= 0.3 is 6.03 Å². The van der Waals surface area contributed by atoms with Gasteiger partial charge in [-0.05, 0) is 45.8 Å². The summed E-state index contributed by atoms with van der Waals surface area (Å²) in [4.78, 5) is 25.3. The minimum atomic E-state index is -0.431. The first-order chi connectivity index (χ1) is 9.06. The summed E-state index contributed by atoms with van der Waals surface area (Å²) in [6.07, 6.45) is 1.17. The Hall–Kier alpha value is -1.14. The maximum Gasteiger partial charge on any atom is 0.321 e. The molecule has 6 nitrogen and oxygen atoms in total. The lowest BCUT2D eigenvalue weighted by atomic mass is 10.1. The highest BCUT2D eigenvalue weighted by Gasteiger charge is 2.22. The first-order valence-electron chi connectivity index (χ1n) is 7.11. The molecule has 1 fully saturated rings. The first-order valence-corrected chi connectivity index (χ1v) is 7.11. The van der Waals surface area contributed by atoms with E-state index in [0.717, 1.165) is 26.2 Å². The van der Waals surface area contributed by atoms with Crippen LogP contribution in [-0.2, 0) is 4.79 Å². The van der Waals surface area contributed by atoms with Crippen LogP contribution in [0.25, 0.3) is 0 Å². The number of imide groups is 1. The monoisotopic (exact) mass is 270 g/mol. The lowest BCUT2D eigenvalue weighted by Gasteiger charge is -2.17. The predicted octanol–water partition coefficient (Wildman–Crippen LogP) is 0.152. The molecule has 3 N–H and O–H groups in total. The quantitative estimate of drug-likeness (QED) is 0.642. The zero-order valence-corrected chi connectivity index (χ0v) is 12.2. The molecule has 0 aliphatic carbocycles. The van der Waals surface area contributed by atoms with Crippen LogP contribution in [0.15, 0.2) is 0 Å². The molecule has 2 unspecified atom stereocenters. The number of hydrogen-bond donors (Lipinski definition) is 3. The number of amides is 3. The van der Waals surface area contributed by atoms with Crippen LogP contribution in [-0.4, -0.2) is 55.6 Å². The van der Waals surface area contributed by atoms with Gasteiger partial charge in [-0.1, -0.05) is 6.92 Å². The van der Waals surface area contributed by atoms with Gasteiger partial charge in [0.2, 0.25) is 5.91 Å². The van der Waals surface area contributed by atoms with Crippen LogP contribution in [0.4, 0.5) is 4.79 Å². The average Bonchev–Trinajstić information content (AvgIpc) is 2.84. The van der Waals surface area contributed by atoms with E-state index in [4.69, 9.17) is 0 Å². The van der Waals surface area contributed by atoms with Crippen molar-refractivity contribution in [3.8, 4) is 0 Å². The highest BCUT2D eigenvalue weighted by Crippen LogP contribution is 2.14. The molecule has 19 heavy (non-hydrogen) atoms. The molecule has 1 aliphatic heterocycles. The molecule has 0 radical (unpaired) electrons. The van der Waals surface area contributed by atoms with Crippen molar-refractivity contribution in [2.75, 3.05) is 32.7 Å². The fourth-order valence-electron chi connectivity index (χ4n) is 2.23. The Balaban J connectivity index is 2.21. The molecule has 0 bridgehead atoms. The predicted molar refractivity (Wildman–Crippen MR) is 74.9 cm³/mol. The zero-order chi connectivity index (χ0) is 14.3. The molecule has 6 heteroatoms. The maximum absolute atomic E-state index is 11.7. The molecule has 1 heterocycles. The highest BCUT2D eigenvalue weighted by molar-refractivity contribution is 5.96. The third-order valence-electron chi connectivity index (χ3n) is 3.50. The average molecular weight is 270 g/mol. The van der Waals surface area contributed by atoms with Crippen molar-refractivity contribution in [1.82, 2.24) is 20.9 Å². The Morgan fingerprint density at radius 1 is 1.37 bits per heavy atom. The summed E-state index contributed by atoms with van der Waals surface area (Å²) in [6.45, 7) is 10.4. The van der Waals surface area contributed by atoms with Gasteiger partial charge in [-0.2, -0.15) is 0 Å². The second-order valence-electron chi connectivity index (χ2n) is 5.03. The number of urea groups is 1.